The Morgan fingerprint density at radius 3 is 3.00 bits per heavy atom. The number of ether oxygens (including phenoxy) is 1. The van der Waals surface area contributed by atoms with E-state index in [9.17, 15) is 4.79 Å². The number of amides is 1. The highest BCUT2D eigenvalue weighted by Gasteiger charge is 2.05. The van der Waals surface area contributed by atoms with Crippen LogP contribution >= 0.6 is 0 Å². The highest BCUT2D eigenvalue weighted by Crippen LogP contribution is 2.10. The van der Waals surface area contributed by atoms with E-state index in [0.29, 0.717) is 18.7 Å². The molecule has 0 saturated carbocycles. The van der Waals surface area contributed by atoms with Gasteiger partial charge in [-0.05, 0) is 18.6 Å². The van der Waals surface area contributed by atoms with E-state index in [0.717, 1.165) is 18.5 Å². The largest absolute Gasteiger partial charge is 0.482 e. The number of aromatic nitrogens is 1. The minimum atomic E-state index is -0.252. The summed E-state index contributed by atoms with van der Waals surface area (Å²) in [4.78, 5) is 15.6. The van der Waals surface area contributed by atoms with E-state index in [-0.39, 0.29) is 18.6 Å². The van der Waals surface area contributed by atoms with Gasteiger partial charge in [-0.15, -0.1) is 0 Å². The average molecular weight is 276 g/mol. The molecule has 1 aromatic heterocycles. The molecule has 1 aromatic rings. The molecule has 1 unspecified atom stereocenters. The van der Waals surface area contributed by atoms with E-state index in [1.807, 2.05) is 19.1 Å². The van der Waals surface area contributed by atoms with Gasteiger partial charge < -0.3 is 15.8 Å². The van der Waals surface area contributed by atoms with Gasteiger partial charge in [0.05, 0.1) is 18.7 Å². The van der Waals surface area contributed by atoms with Crippen LogP contribution in [0.5, 0.6) is 5.75 Å². The standard InChI is InChI=1S/C14H20N4O2/c1-2-11(16)8-12-4-5-13(9-18-12)20-10-14(19)17-7-3-6-15/h4-5,9,11H,2-3,7-8,10,16H2,1H3,(H,17,19). The van der Waals surface area contributed by atoms with Gasteiger partial charge in [-0.1, -0.05) is 6.92 Å². The fourth-order valence-electron chi connectivity index (χ4n) is 1.49. The van der Waals surface area contributed by atoms with Crippen molar-refractivity contribution in [2.24, 2.45) is 5.73 Å². The highest BCUT2D eigenvalue weighted by atomic mass is 16.5. The third-order valence-corrected chi connectivity index (χ3v) is 2.72. The second-order valence-electron chi connectivity index (χ2n) is 4.40. The molecule has 0 aliphatic rings. The second-order valence-corrected chi connectivity index (χ2v) is 4.40. The number of pyridine rings is 1. The molecule has 0 bridgehead atoms. The van der Waals surface area contributed by atoms with Crippen molar-refractivity contribution >= 4 is 5.91 Å². The monoisotopic (exact) mass is 276 g/mol. The molecule has 0 radical (unpaired) electrons. The first-order valence-corrected chi connectivity index (χ1v) is 6.62. The Bertz CT molecular complexity index is 453. The van der Waals surface area contributed by atoms with Gasteiger partial charge in [0.2, 0.25) is 0 Å². The van der Waals surface area contributed by atoms with E-state index in [4.69, 9.17) is 15.7 Å². The molecule has 108 valence electrons. The molecule has 1 amide bonds. The average Bonchev–Trinajstić information content (AvgIpc) is 2.46. The van der Waals surface area contributed by atoms with Crippen LogP contribution in [0.4, 0.5) is 0 Å². The number of rotatable bonds is 8. The first-order chi connectivity index (χ1) is 9.65. The Morgan fingerprint density at radius 1 is 1.60 bits per heavy atom. The molecular weight excluding hydrogens is 256 g/mol. The van der Waals surface area contributed by atoms with E-state index >= 15 is 0 Å². The van der Waals surface area contributed by atoms with Crippen molar-refractivity contribution in [1.82, 2.24) is 10.3 Å². The lowest BCUT2D eigenvalue weighted by Gasteiger charge is -2.09. The lowest BCUT2D eigenvalue weighted by atomic mass is 10.1. The molecule has 0 aliphatic heterocycles. The van der Waals surface area contributed by atoms with Crippen LogP contribution in [0.15, 0.2) is 18.3 Å². The molecule has 1 rings (SSSR count). The fraction of sp³-hybridized carbons (Fsp3) is 0.500. The van der Waals surface area contributed by atoms with Crippen molar-refractivity contribution in [3.63, 3.8) is 0 Å². The molecule has 3 N–H and O–H groups in total. The van der Waals surface area contributed by atoms with Crippen LogP contribution < -0.4 is 15.8 Å². The lowest BCUT2D eigenvalue weighted by Crippen LogP contribution is -2.29. The second kappa shape index (κ2) is 8.88. The Balaban J connectivity index is 2.34. The molecule has 20 heavy (non-hydrogen) atoms. The summed E-state index contributed by atoms with van der Waals surface area (Å²) >= 11 is 0. The molecule has 0 saturated heterocycles. The van der Waals surface area contributed by atoms with Gasteiger partial charge in [0, 0.05) is 24.7 Å². The number of nitrogens with zero attached hydrogens (tertiary/aromatic N) is 2. The van der Waals surface area contributed by atoms with Crippen LogP contribution in [0.2, 0.25) is 0 Å². The number of hydrogen-bond acceptors (Lipinski definition) is 5. The Kier molecular flexibility index (Phi) is 7.07. The summed E-state index contributed by atoms with van der Waals surface area (Å²) in [5, 5.41) is 10.9. The summed E-state index contributed by atoms with van der Waals surface area (Å²) in [6, 6.07) is 5.68. The summed E-state index contributed by atoms with van der Waals surface area (Å²) in [7, 11) is 0. The molecule has 6 nitrogen and oxygen atoms in total. The summed E-state index contributed by atoms with van der Waals surface area (Å²) in [6.07, 6.45) is 3.51. The van der Waals surface area contributed by atoms with Gasteiger partial charge in [-0.25, -0.2) is 0 Å². The maximum absolute atomic E-state index is 11.4. The van der Waals surface area contributed by atoms with E-state index in [1.54, 1.807) is 12.3 Å². The van der Waals surface area contributed by atoms with Gasteiger partial charge >= 0.3 is 0 Å². The quantitative estimate of drug-likeness (QED) is 0.683. The first kappa shape index (κ1) is 15.9. The zero-order valence-corrected chi connectivity index (χ0v) is 11.6. The topological polar surface area (TPSA) is 101 Å². The van der Waals surface area contributed by atoms with E-state index in [1.165, 1.54) is 0 Å². The predicted molar refractivity (Wildman–Crippen MR) is 74.9 cm³/mol. The molecule has 0 aromatic carbocycles. The molecule has 0 spiro atoms. The smallest absolute Gasteiger partial charge is 0.257 e. The maximum atomic E-state index is 11.4. The van der Waals surface area contributed by atoms with E-state index in [2.05, 4.69) is 10.3 Å². The van der Waals surface area contributed by atoms with Crippen molar-refractivity contribution in [2.45, 2.75) is 32.2 Å². The Hall–Kier alpha value is -2.13. The van der Waals surface area contributed by atoms with Crippen LogP contribution in [0.25, 0.3) is 0 Å². The zero-order chi connectivity index (χ0) is 14.8. The third kappa shape index (κ3) is 6.16. The van der Waals surface area contributed by atoms with Crippen molar-refractivity contribution in [1.29, 1.82) is 5.26 Å². The number of nitrogens with two attached hydrogens (primary N) is 1. The van der Waals surface area contributed by atoms with Gasteiger partial charge in [0.15, 0.2) is 6.61 Å². The summed E-state index contributed by atoms with van der Waals surface area (Å²) < 4.78 is 5.30. The number of hydrogen-bond donors (Lipinski definition) is 2. The Morgan fingerprint density at radius 2 is 2.40 bits per heavy atom. The molecule has 0 aliphatic carbocycles. The molecule has 1 heterocycles. The summed E-state index contributed by atoms with van der Waals surface area (Å²) in [5.41, 5.74) is 6.76. The van der Waals surface area contributed by atoms with Gasteiger partial charge in [-0.2, -0.15) is 5.26 Å². The van der Waals surface area contributed by atoms with Crippen molar-refractivity contribution in [3.8, 4) is 11.8 Å². The van der Waals surface area contributed by atoms with Crippen LogP contribution in [-0.4, -0.2) is 30.1 Å². The highest BCUT2D eigenvalue weighted by molar-refractivity contribution is 5.77. The van der Waals surface area contributed by atoms with Crippen LogP contribution in [0.3, 0.4) is 0 Å². The van der Waals surface area contributed by atoms with Crippen molar-refractivity contribution in [3.05, 3.63) is 24.0 Å². The fourth-order valence-corrected chi connectivity index (χ4v) is 1.49. The van der Waals surface area contributed by atoms with Crippen LogP contribution in [0, 0.1) is 11.3 Å². The van der Waals surface area contributed by atoms with Gasteiger partial charge in [0.1, 0.15) is 5.75 Å². The predicted octanol–water partition coefficient (Wildman–Crippen LogP) is 0.770. The minimum Gasteiger partial charge on any atom is -0.482 e. The summed E-state index contributed by atoms with van der Waals surface area (Å²) in [5.74, 6) is 0.284. The number of carbonyl (C=O) groups is 1. The Labute approximate surface area is 118 Å². The lowest BCUT2D eigenvalue weighted by molar-refractivity contribution is -0.123. The van der Waals surface area contributed by atoms with Crippen molar-refractivity contribution in [2.75, 3.05) is 13.2 Å². The van der Waals surface area contributed by atoms with Crippen LogP contribution in [-0.2, 0) is 11.2 Å². The molecule has 0 fully saturated rings. The normalized spacial score (nSPS) is 11.4. The molecule has 1 atom stereocenters. The SMILES string of the molecule is CCC(N)Cc1ccc(OCC(=O)NCCC#N)cn1. The third-order valence-electron chi connectivity index (χ3n) is 2.72. The minimum absolute atomic E-state index is 0.0824. The first-order valence-electron chi connectivity index (χ1n) is 6.62. The van der Waals surface area contributed by atoms with Crippen LogP contribution in [0.1, 0.15) is 25.5 Å². The number of nitrogens with one attached hydrogen (secondary N) is 1. The number of carbonyl (C=O) groups excluding carboxylic acids is 1. The molecular formula is C14H20N4O2. The van der Waals surface area contributed by atoms with Gasteiger partial charge in [0.25, 0.3) is 5.91 Å². The van der Waals surface area contributed by atoms with Crippen molar-refractivity contribution < 1.29 is 9.53 Å². The zero-order valence-electron chi connectivity index (χ0n) is 11.6. The summed E-state index contributed by atoms with van der Waals surface area (Å²) in [6.45, 7) is 2.29. The number of nitriles is 1. The van der Waals surface area contributed by atoms with Gasteiger partial charge in [-0.3, -0.25) is 9.78 Å². The van der Waals surface area contributed by atoms with E-state index < -0.39 is 0 Å². The molecule has 6 heteroatoms. The maximum Gasteiger partial charge on any atom is 0.257 e.